The van der Waals surface area contributed by atoms with Crippen molar-refractivity contribution < 1.29 is 53.4 Å². The highest BCUT2D eigenvalue weighted by molar-refractivity contribution is 6.20. The predicted molar refractivity (Wildman–Crippen MR) is 294 cm³/mol. The molecule has 5 bridgehead atoms. The lowest BCUT2D eigenvalue weighted by atomic mass is 9.79. The van der Waals surface area contributed by atoms with E-state index in [1.165, 1.54) is 44.8 Å². The van der Waals surface area contributed by atoms with Gasteiger partial charge in [-0.05, 0) is 87.7 Å². The highest BCUT2D eigenvalue weighted by atomic mass is 16.7. The Labute approximate surface area is 451 Å². The molecule has 0 aromatic heterocycles. The third-order valence-electron chi connectivity index (χ3n) is 16.1. The molecule has 414 valence electrons. The van der Waals surface area contributed by atoms with Gasteiger partial charge in [0.05, 0.1) is 34.8 Å². The molecule has 2 fully saturated rings. The fourth-order valence-corrected chi connectivity index (χ4v) is 11.7. The van der Waals surface area contributed by atoms with Gasteiger partial charge in [0, 0.05) is 86.3 Å². The van der Waals surface area contributed by atoms with Crippen LogP contribution >= 0.6 is 0 Å². The van der Waals surface area contributed by atoms with E-state index in [4.69, 9.17) is 28.9 Å². The molecule has 1 spiro atoms. The van der Waals surface area contributed by atoms with Gasteiger partial charge in [-0.3, -0.25) is 34.1 Å². The number of anilines is 2. The molecule has 9 rings (SSSR count). The van der Waals surface area contributed by atoms with Crippen LogP contribution < -0.4 is 26.1 Å². The lowest BCUT2D eigenvalue weighted by molar-refractivity contribution is -0.162. The number of aliphatic hydroxyl groups excluding tert-OH is 1. The smallest absolute Gasteiger partial charge is 0.336 e. The number of methoxy groups -OCH3 is 1. The molecule has 2 amide bonds. The summed E-state index contributed by atoms with van der Waals surface area (Å²) >= 11 is 0. The van der Waals surface area contributed by atoms with Crippen LogP contribution in [0.3, 0.4) is 0 Å². The number of hydrogen-bond donors (Lipinski definition) is 5. The van der Waals surface area contributed by atoms with Gasteiger partial charge in [-0.15, -0.1) is 0 Å². The molecule has 77 heavy (non-hydrogen) atoms. The number of nitrogens with one attached hydrogen (secondary N) is 2. The Hall–Kier alpha value is -6.40. The molecule has 3 aromatic rings. The van der Waals surface area contributed by atoms with Crippen molar-refractivity contribution in [1.82, 2.24) is 9.80 Å². The van der Waals surface area contributed by atoms with E-state index < -0.39 is 83.1 Å². The zero-order valence-electron chi connectivity index (χ0n) is 46.2. The summed E-state index contributed by atoms with van der Waals surface area (Å²) in [5.74, 6) is -7.03. The minimum Gasteiger partial charge on any atom is -0.507 e. The van der Waals surface area contributed by atoms with Gasteiger partial charge in [-0.2, -0.15) is 0 Å². The highest BCUT2D eigenvalue weighted by Gasteiger charge is 2.52. The maximum atomic E-state index is 15.1. The molecule has 0 saturated carbocycles. The van der Waals surface area contributed by atoms with Crippen molar-refractivity contribution in [3.8, 4) is 17.2 Å². The number of carbonyl (C=O) groups is 4. The number of Topliss-reactive ketones (excluding diaryl/α,β-unsaturated/α-hetero) is 1. The van der Waals surface area contributed by atoms with Gasteiger partial charge in [-0.25, -0.2) is 0 Å². The average molecular weight is 1060 g/mol. The van der Waals surface area contributed by atoms with E-state index in [0.717, 1.165) is 31.7 Å². The third kappa shape index (κ3) is 12.0. The third-order valence-corrected chi connectivity index (χ3v) is 16.1. The zero-order chi connectivity index (χ0) is 55.5. The van der Waals surface area contributed by atoms with E-state index in [2.05, 4.69) is 40.9 Å². The monoisotopic (exact) mass is 1060 g/mol. The van der Waals surface area contributed by atoms with E-state index in [1.54, 1.807) is 39.8 Å². The van der Waals surface area contributed by atoms with Crippen LogP contribution in [0.5, 0.6) is 17.2 Å². The van der Waals surface area contributed by atoms with Crippen LogP contribution in [0.25, 0.3) is 10.8 Å². The number of likely N-dealkylation sites (tertiary alicyclic amines) is 2. The summed E-state index contributed by atoms with van der Waals surface area (Å²) in [5.41, 5.74) is 1.03. The van der Waals surface area contributed by atoms with E-state index in [1.807, 2.05) is 44.2 Å². The summed E-state index contributed by atoms with van der Waals surface area (Å²) in [6.07, 6.45) is 11.0. The van der Waals surface area contributed by atoms with E-state index in [9.17, 15) is 29.7 Å². The summed E-state index contributed by atoms with van der Waals surface area (Å²) in [5, 5.41) is 42.4. The van der Waals surface area contributed by atoms with Gasteiger partial charge >= 0.3 is 11.8 Å². The first-order valence-electron chi connectivity index (χ1n) is 27.3. The Morgan fingerprint density at radius 2 is 1.62 bits per heavy atom. The fraction of sp³-hybridized carbons (Fsp3) is 0.533. The van der Waals surface area contributed by atoms with Gasteiger partial charge in [-0.1, -0.05) is 84.9 Å². The number of phenolic OH excluding ortho intramolecular Hbond substituents is 2. The van der Waals surface area contributed by atoms with Crippen LogP contribution in [-0.4, -0.2) is 118 Å². The second-order valence-electron chi connectivity index (χ2n) is 22.5. The van der Waals surface area contributed by atoms with Crippen LogP contribution in [0.1, 0.15) is 115 Å². The number of ether oxygens (including phenoxy) is 4. The maximum Gasteiger partial charge on any atom is 0.336 e. The van der Waals surface area contributed by atoms with Gasteiger partial charge in [0.1, 0.15) is 35.1 Å². The Bertz CT molecular complexity index is 2970. The number of ketones is 1. The Kier molecular flexibility index (Phi) is 17.5. The summed E-state index contributed by atoms with van der Waals surface area (Å²) < 4.78 is 24.8. The molecular weight excluding hydrogens is 981 g/mol. The SMILES string of the molecule is C=C[C@@]12O/C=C/[C@H](OC)[C@@H](C)[C@@H](OC(=O)CC(=O)Nc3ccc(CN4CCCCC4)cc3)[C@H](C)[C@H](O)[C@H](C)C[C@@H](C)/C=C/C=C(/C)C(=O)Nc3c(O)c4c(O)c(C)c(c(c4c4c3=NC3(CCN(CC(C)C)CC3)N=4)C1=O)O2. The molecule has 6 aliphatic heterocycles. The Balaban J connectivity index is 1.13. The number of hydrogen-bond acceptors (Lipinski definition) is 15. The van der Waals surface area contributed by atoms with E-state index >= 15 is 4.79 Å². The number of benzene rings is 3. The first-order valence-corrected chi connectivity index (χ1v) is 27.3. The second kappa shape index (κ2) is 23.7. The van der Waals surface area contributed by atoms with Crippen LogP contribution in [-0.2, 0) is 35.1 Å². The van der Waals surface area contributed by atoms with Crippen LogP contribution in [0.2, 0.25) is 0 Å². The number of allylic oxidation sites excluding steroid dienone is 3. The molecule has 0 aliphatic carbocycles. The molecule has 0 unspecified atom stereocenters. The fourth-order valence-electron chi connectivity index (χ4n) is 11.7. The number of amides is 2. The topological polar surface area (TPSA) is 221 Å². The summed E-state index contributed by atoms with van der Waals surface area (Å²) in [6, 6.07) is 7.59. The van der Waals surface area contributed by atoms with Crippen LogP contribution in [0.15, 0.2) is 83.0 Å². The standard InChI is InChI=1S/C60H78N6O11/c1-11-60-57(72)48-46-47(53(70)40(9)56(48)77-60)54(71)51(50-49(46)63-59(64-50)23-27-66(28-24-59)32-34(2)3)62-58(73)36(5)17-15-16-35(4)30-37(6)52(69)39(8)55(38(7)43(74-10)22-29-75-60)76-45(68)31-44(67)61-42-20-18-41(19-21-42)33-65-25-13-12-14-26-65/h11,15-22,29,34-35,37-39,43,52,55,69-71H,1,12-14,23-28,30-33H2,2-10H3,(H,61,67)(H,62,73)/b16-15+,29-22+,36-17-/t35-,37+,38+,39+,43-,52+,55+,60-/m0/s1. The van der Waals surface area contributed by atoms with Crippen molar-refractivity contribution in [1.29, 1.82) is 0 Å². The Morgan fingerprint density at radius 3 is 2.29 bits per heavy atom. The average Bonchev–Trinajstić information content (AvgIpc) is 4.11. The molecule has 0 radical (unpaired) electrons. The number of esters is 1. The number of phenols is 2. The van der Waals surface area contributed by atoms with E-state index in [-0.39, 0.29) is 55.9 Å². The first-order chi connectivity index (χ1) is 36.7. The number of rotatable bonds is 10. The summed E-state index contributed by atoms with van der Waals surface area (Å²) in [7, 11) is 1.46. The van der Waals surface area contributed by atoms with Crippen molar-refractivity contribution in [2.75, 3.05) is 50.5 Å². The minimum absolute atomic E-state index is 0.0191. The lowest BCUT2D eigenvalue weighted by Crippen LogP contribution is -2.44. The number of aliphatic hydroxyl groups is 1. The molecule has 8 atom stereocenters. The van der Waals surface area contributed by atoms with Crippen molar-refractivity contribution in [2.45, 2.75) is 137 Å². The second-order valence-corrected chi connectivity index (χ2v) is 22.5. The number of fused-ring (bicyclic) bond motifs is 13. The van der Waals surface area contributed by atoms with Gasteiger partial charge in [0.2, 0.25) is 5.91 Å². The van der Waals surface area contributed by atoms with Crippen molar-refractivity contribution in [3.63, 3.8) is 0 Å². The number of aromatic hydroxyl groups is 2. The summed E-state index contributed by atoms with van der Waals surface area (Å²) in [6.45, 7) is 24.2. The minimum atomic E-state index is -2.19. The van der Waals surface area contributed by atoms with Gasteiger partial charge < -0.3 is 49.8 Å². The maximum absolute atomic E-state index is 15.1. The van der Waals surface area contributed by atoms with Crippen molar-refractivity contribution in [2.24, 2.45) is 39.6 Å². The molecule has 17 nitrogen and oxygen atoms in total. The van der Waals surface area contributed by atoms with Crippen molar-refractivity contribution in [3.05, 3.63) is 100 Å². The lowest BCUT2D eigenvalue weighted by Gasteiger charge is -2.37. The molecule has 5 N–H and O–H groups in total. The highest BCUT2D eigenvalue weighted by Crippen LogP contribution is 2.50. The van der Waals surface area contributed by atoms with Gasteiger partial charge in [0.15, 0.2) is 11.4 Å². The van der Waals surface area contributed by atoms with Crippen LogP contribution in [0, 0.1) is 36.5 Å². The molecule has 17 heteroatoms. The normalized spacial score (nSPS) is 28.6. The quantitative estimate of drug-likeness (QED) is 0.0564. The number of nitrogens with zero attached hydrogens (tertiary/aromatic N) is 4. The predicted octanol–water partition coefficient (Wildman–Crippen LogP) is 7.94. The molecule has 6 heterocycles. The van der Waals surface area contributed by atoms with Crippen molar-refractivity contribution >= 4 is 45.7 Å². The molecular formula is C60H78N6O11. The molecule has 6 aliphatic rings. The first kappa shape index (κ1) is 56.8. The Morgan fingerprint density at radius 1 is 0.935 bits per heavy atom. The number of piperidine rings is 2. The summed E-state index contributed by atoms with van der Waals surface area (Å²) in [4.78, 5) is 71.6. The number of carbonyl (C=O) groups excluding carboxylic acids is 4. The zero-order valence-corrected chi connectivity index (χ0v) is 46.2. The molecule has 3 aromatic carbocycles. The molecule has 2 saturated heterocycles. The largest absolute Gasteiger partial charge is 0.507 e. The van der Waals surface area contributed by atoms with Crippen LogP contribution in [0.4, 0.5) is 11.4 Å². The van der Waals surface area contributed by atoms with Gasteiger partial charge in [0.25, 0.3) is 11.7 Å². The van der Waals surface area contributed by atoms with E-state index in [0.29, 0.717) is 49.5 Å².